The van der Waals surface area contributed by atoms with E-state index >= 15 is 0 Å². The van der Waals surface area contributed by atoms with Gasteiger partial charge in [-0.2, -0.15) is 0 Å². The third-order valence-electron chi connectivity index (χ3n) is 5.14. The third kappa shape index (κ3) is 3.22. The molecule has 3 heteroatoms. The van der Waals surface area contributed by atoms with Gasteiger partial charge in [-0.25, -0.2) is 4.39 Å². The van der Waals surface area contributed by atoms with Crippen molar-refractivity contribution in [2.24, 2.45) is 11.8 Å². The first-order valence-electron chi connectivity index (χ1n) is 8.22. The predicted octanol–water partition coefficient (Wildman–Crippen LogP) is 6.16. The second-order valence-electron chi connectivity index (χ2n) is 6.74. The molecule has 1 unspecified atom stereocenters. The number of hydrogen-bond donors (Lipinski definition) is 1. The SMILES string of the molecule is C=C(C1CCC(C)CC1)C(O)c1c(Br)cc2ccccc2c1F. The summed E-state index contributed by atoms with van der Waals surface area (Å²) < 4.78 is 15.5. The van der Waals surface area contributed by atoms with E-state index in [2.05, 4.69) is 29.4 Å². The zero-order valence-corrected chi connectivity index (χ0v) is 14.9. The van der Waals surface area contributed by atoms with Crippen LogP contribution >= 0.6 is 15.9 Å². The topological polar surface area (TPSA) is 20.2 Å². The molecule has 0 radical (unpaired) electrons. The normalized spacial score (nSPS) is 23.0. The summed E-state index contributed by atoms with van der Waals surface area (Å²) in [5.74, 6) is 0.659. The van der Waals surface area contributed by atoms with Gasteiger partial charge in [0.15, 0.2) is 0 Å². The molecule has 0 heterocycles. The predicted molar refractivity (Wildman–Crippen MR) is 96.8 cm³/mol. The molecule has 122 valence electrons. The van der Waals surface area contributed by atoms with Crippen LogP contribution in [0.1, 0.15) is 44.3 Å². The molecule has 1 aliphatic carbocycles. The van der Waals surface area contributed by atoms with Crippen molar-refractivity contribution >= 4 is 26.7 Å². The quantitative estimate of drug-likeness (QED) is 0.636. The molecular weight excluding hydrogens is 355 g/mol. The molecule has 2 aromatic rings. The van der Waals surface area contributed by atoms with Gasteiger partial charge in [0, 0.05) is 15.4 Å². The average Bonchev–Trinajstić information content (AvgIpc) is 2.54. The number of benzene rings is 2. The molecule has 0 spiro atoms. The highest BCUT2D eigenvalue weighted by atomic mass is 79.9. The summed E-state index contributed by atoms with van der Waals surface area (Å²) in [5.41, 5.74) is 1.05. The van der Waals surface area contributed by atoms with Crippen molar-refractivity contribution in [3.63, 3.8) is 0 Å². The van der Waals surface area contributed by atoms with Gasteiger partial charge >= 0.3 is 0 Å². The van der Waals surface area contributed by atoms with Crippen LogP contribution in [0, 0.1) is 17.7 Å². The summed E-state index contributed by atoms with van der Waals surface area (Å²) in [6.07, 6.45) is 3.40. The molecule has 1 nitrogen and oxygen atoms in total. The maximum Gasteiger partial charge on any atom is 0.138 e. The Morgan fingerprint density at radius 2 is 1.91 bits per heavy atom. The molecular formula is C20H22BrFO. The van der Waals surface area contributed by atoms with Crippen LogP contribution < -0.4 is 0 Å². The molecule has 0 bridgehead atoms. The molecule has 0 aromatic heterocycles. The minimum Gasteiger partial charge on any atom is -0.384 e. The van der Waals surface area contributed by atoms with Gasteiger partial charge in [0.05, 0.1) is 0 Å². The van der Waals surface area contributed by atoms with Crippen molar-refractivity contribution in [2.45, 2.75) is 38.7 Å². The van der Waals surface area contributed by atoms with Gasteiger partial charge in [0.2, 0.25) is 0 Å². The Morgan fingerprint density at radius 3 is 2.61 bits per heavy atom. The van der Waals surface area contributed by atoms with Gasteiger partial charge in [-0.3, -0.25) is 0 Å². The number of fused-ring (bicyclic) bond motifs is 1. The van der Waals surface area contributed by atoms with Crippen LogP contribution in [-0.4, -0.2) is 5.11 Å². The van der Waals surface area contributed by atoms with E-state index in [4.69, 9.17) is 0 Å². The third-order valence-corrected chi connectivity index (χ3v) is 5.79. The fourth-order valence-electron chi connectivity index (χ4n) is 3.58. The molecule has 0 saturated heterocycles. The van der Waals surface area contributed by atoms with Gasteiger partial charge in [-0.15, -0.1) is 0 Å². The highest BCUT2D eigenvalue weighted by Crippen LogP contribution is 2.41. The fourth-order valence-corrected chi connectivity index (χ4v) is 4.21. The molecule has 0 aliphatic heterocycles. The maximum atomic E-state index is 14.9. The lowest BCUT2D eigenvalue weighted by atomic mass is 9.77. The molecule has 23 heavy (non-hydrogen) atoms. The van der Waals surface area contributed by atoms with Crippen molar-refractivity contribution in [3.8, 4) is 0 Å². The van der Waals surface area contributed by atoms with E-state index in [-0.39, 0.29) is 11.7 Å². The van der Waals surface area contributed by atoms with Crippen molar-refractivity contribution < 1.29 is 9.50 Å². The second kappa shape index (κ2) is 6.74. The number of hydrogen-bond acceptors (Lipinski definition) is 1. The largest absolute Gasteiger partial charge is 0.384 e. The number of rotatable bonds is 3. The summed E-state index contributed by atoms with van der Waals surface area (Å²) in [5, 5.41) is 12.1. The Kier molecular flexibility index (Phi) is 4.88. The molecule has 0 amide bonds. The average molecular weight is 377 g/mol. The second-order valence-corrected chi connectivity index (χ2v) is 7.60. The van der Waals surface area contributed by atoms with Crippen LogP contribution in [-0.2, 0) is 0 Å². The van der Waals surface area contributed by atoms with Gasteiger partial charge < -0.3 is 5.11 Å². The molecule has 1 fully saturated rings. The molecule has 1 aliphatic rings. The van der Waals surface area contributed by atoms with Gasteiger partial charge in [0.25, 0.3) is 0 Å². The van der Waals surface area contributed by atoms with Crippen LogP contribution in [0.25, 0.3) is 10.8 Å². The van der Waals surface area contributed by atoms with E-state index in [1.165, 1.54) is 0 Å². The lowest BCUT2D eigenvalue weighted by Gasteiger charge is -2.30. The van der Waals surface area contributed by atoms with Gasteiger partial charge in [-0.05, 0) is 41.7 Å². The highest BCUT2D eigenvalue weighted by Gasteiger charge is 2.28. The monoisotopic (exact) mass is 376 g/mol. The highest BCUT2D eigenvalue weighted by molar-refractivity contribution is 9.10. The molecule has 1 N–H and O–H groups in total. The minimum absolute atomic E-state index is 0.277. The molecule has 1 atom stereocenters. The van der Waals surface area contributed by atoms with Crippen LogP contribution in [0.5, 0.6) is 0 Å². The molecule has 2 aromatic carbocycles. The Labute approximate surface area is 145 Å². The summed E-state index contributed by atoms with van der Waals surface area (Å²) >= 11 is 3.43. The first kappa shape index (κ1) is 16.7. The van der Waals surface area contributed by atoms with Crippen LogP contribution in [0.2, 0.25) is 0 Å². The molecule has 1 saturated carbocycles. The maximum absolute atomic E-state index is 14.9. The van der Waals surface area contributed by atoms with Gasteiger partial charge in [0.1, 0.15) is 11.9 Å². The van der Waals surface area contributed by atoms with Crippen molar-refractivity contribution in [1.82, 2.24) is 0 Å². The molecule has 3 rings (SSSR count). The van der Waals surface area contributed by atoms with E-state index in [0.29, 0.717) is 15.4 Å². The van der Waals surface area contributed by atoms with E-state index in [1.807, 2.05) is 24.3 Å². The van der Waals surface area contributed by atoms with E-state index < -0.39 is 6.10 Å². The smallest absolute Gasteiger partial charge is 0.138 e. The standard InChI is InChI=1S/C20H22BrFO/c1-12-7-9-14(10-8-12)13(2)20(23)18-17(21)11-15-5-3-4-6-16(15)19(18)22/h3-6,11-12,14,20,23H,2,7-10H2,1H3. The fraction of sp³-hybridized carbons (Fsp3) is 0.400. The summed E-state index contributed by atoms with van der Waals surface area (Å²) in [6.45, 7) is 6.36. The lowest BCUT2D eigenvalue weighted by Crippen LogP contribution is -2.18. The number of halogens is 2. The van der Waals surface area contributed by atoms with Crippen LogP contribution in [0.15, 0.2) is 47.0 Å². The zero-order chi connectivity index (χ0) is 16.6. The Balaban J connectivity index is 1.94. The Morgan fingerprint density at radius 1 is 1.26 bits per heavy atom. The first-order chi connectivity index (χ1) is 11.0. The van der Waals surface area contributed by atoms with Gasteiger partial charge in [-0.1, -0.05) is 66.5 Å². The van der Waals surface area contributed by atoms with E-state index in [0.717, 1.165) is 42.6 Å². The van der Waals surface area contributed by atoms with Crippen molar-refractivity contribution in [3.05, 3.63) is 58.3 Å². The van der Waals surface area contributed by atoms with Crippen molar-refractivity contribution in [2.75, 3.05) is 0 Å². The summed E-state index contributed by atoms with van der Waals surface area (Å²) in [7, 11) is 0. The number of aliphatic hydroxyl groups excluding tert-OH is 1. The summed E-state index contributed by atoms with van der Waals surface area (Å²) in [6, 6.07) is 9.18. The lowest BCUT2D eigenvalue weighted by molar-refractivity contribution is 0.182. The van der Waals surface area contributed by atoms with E-state index in [9.17, 15) is 9.50 Å². The van der Waals surface area contributed by atoms with Crippen LogP contribution in [0.3, 0.4) is 0 Å². The minimum atomic E-state index is -0.965. The van der Waals surface area contributed by atoms with Crippen LogP contribution in [0.4, 0.5) is 4.39 Å². The van der Waals surface area contributed by atoms with E-state index in [1.54, 1.807) is 6.07 Å². The zero-order valence-electron chi connectivity index (χ0n) is 13.4. The van der Waals surface area contributed by atoms with Crippen molar-refractivity contribution in [1.29, 1.82) is 0 Å². The Bertz CT molecular complexity index is 732. The number of aliphatic hydroxyl groups is 1. The summed E-state index contributed by atoms with van der Waals surface area (Å²) in [4.78, 5) is 0. The Hall–Kier alpha value is -1.19. The first-order valence-corrected chi connectivity index (χ1v) is 9.01.